The lowest BCUT2D eigenvalue weighted by Crippen LogP contribution is -2.35. The molecule has 4 nitrogen and oxygen atoms in total. The molecule has 0 fully saturated rings. The zero-order valence-corrected chi connectivity index (χ0v) is 13.4. The van der Waals surface area contributed by atoms with Crippen LogP contribution >= 0.6 is 11.6 Å². The maximum Gasteiger partial charge on any atom is 0.225 e. The van der Waals surface area contributed by atoms with E-state index in [1.165, 1.54) is 0 Å². The third-order valence-electron chi connectivity index (χ3n) is 3.64. The van der Waals surface area contributed by atoms with E-state index in [4.69, 9.17) is 17.3 Å². The van der Waals surface area contributed by atoms with Crippen LogP contribution in [0.25, 0.3) is 0 Å². The van der Waals surface area contributed by atoms with Crippen molar-refractivity contribution in [3.8, 4) is 0 Å². The van der Waals surface area contributed by atoms with Crippen LogP contribution in [-0.2, 0) is 4.79 Å². The van der Waals surface area contributed by atoms with Crippen molar-refractivity contribution < 1.29 is 4.79 Å². The molecule has 0 aromatic heterocycles. The molecular weight excluding hydrogens is 274 g/mol. The monoisotopic (exact) mass is 297 g/mol. The van der Waals surface area contributed by atoms with Gasteiger partial charge in [0.05, 0.1) is 11.4 Å². The number of benzene rings is 1. The lowest BCUT2D eigenvalue weighted by molar-refractivity contribution is -0.116. The number of carbonyl (C=O) groups excluding carboxylic acids is 1. The van der Waals surface area contributed by atoms with Crippen LogP contribution in [0.3, 0.4) is 0 Å². The SMILES string of the molecule is CC(C)C(C)N(C)CCC(=O)Nc1ccc(Cl)cc1N. The van der Waals surface area contributed by atoms with Gasteiger partial charge in [0.15, 0.2) is 0 Å². The summed E-state index contributed by atoms with van der Waals surface area (Å²) in [6, 6.07) is 5.50. The summed E-state index contributed by atoms with van der Waals surface area (Å²) in [6.45, 7) is 7.24. The van der Waals surface area contributed by atoms with Crippen molar-refractivity contribution in [2.75, 3.05) is 24.6 Å². The Kier molecular flexibility index (Phi) is 6.30. The molecule has 3 N–H and O–H groups in total. The average Bonchev–Trinajstić information content (AvgIpc) is 2.38. The molecule has 1 unspecified atom stereocenters. The van der Waals surface area contributed by atoms with Crippen LogP contribution in [0.4, 0.5) is 11.4 Å². The zero-order valence-electron chi connectivity index (χ0n) is 12.6. The van der Waals surface area contributed by atoms with Gasteiger partial charge in [0, 0.05) is 24.0 Å². The fraction of sp³-hybridized carbons (Fsp3) is 0.533. The van der Waals surface area contributed by atoms with E-state index in [1.807, 2.05) is 7.05 Å². The van der Waals surface area contributed by atoms with Crippen molar-refractivity contribution in [1.29, 1.82) is 0 Å². The number of anilines is 2. The maximum absolute atomic E-state index is 11.9. The second-order valence-corrected chi connectivity index (χ2v) is 5.93. The number of carbonyl (C=O) groups is 1. The number of nitrogens with zero attached hydrogens (tertiary/aromatic N) is 1. The third kappa shape index (κ3) is 5.02. The van der Waals surface area contributed by atoms with Crippen LogP contribution in [0.2, 0.25) is 5.02 Å². The van der Waals surface area contributed by atoms with Crippen molar-refractivity contribution in [1.82, 2.24) is 4.90 Å². The van der Waals surface area contributed by atoms with Crippen molar-refractivity contribution in [3.05, 3.63) is 23.2 Å². The van der Waals surface area contributed by atoms with Gasteiger partial charge in [0.25, 0.3) is 0 Å². The normalized spacial score (nSPS) is 12.8. The van der Waals surface area contributed by atoms with Gasteiger partial charge in [0.2, 0.25) is 5.91 Å². The van der Waals surface area contributed by atoms with Gasteiger partial charge in [-0.15, -0.1) is 0 Å². The number of nitrogens with one attached hydrogen (secondary N) is 1. The van der Waals surface area contributed by atoms with Gasteiger partial charge < -0.3 is 16.0 Å². The molecule has 0 heterocycles. The fourth-order valence-electron chi connectivity index (χ4n) is 1.85. The maximum atomic E-state index is 11.9. The Morgan fingerprint density at radius 1 is 1.40 bits per heavy atom. The first-order valence-electron chi connectivity index (χ1n) is 6.86. The molecule has 0 aliphatic carbocycles. The summed E-state index contributed by atoms with van der Waals surface area (Å²) in [7, 11) is 2.04. The van der Waals surface area contributed by atoms with Crippen molar-refractivity contribution in [2.45, 2.75) is 33.2 Å². The number of nitrogen functional groups attached to an aromatic ring is 1. The number of hydrogen-bond acceptors (Lipinski definition) is 3. The predicted octanol–water partition coefficient (Wildman–Crippen LogP) is 3.23. The van der Waals surface area contributed by atoms with Crippen LogP contribution in [0.5, 0.6) is 0 Å². The Morgan fingerprint density at radius 2 is 2.05 bits per heavy atom. The molecule has 0 spiro atoms. The summed E-state index contributed by atoms with van der Waals surface area (Å²) in [5, 5.41) is 3.37. The van der Waals surface area contributed by atoms with Gasteiger partial charge in [-0.3, -0.25) is 4.79 Å². The highest BCUT2D eigenvalue weighted by Crippen LogP contribution is 2.22. The molecular formula is C15H24ClN3O. The van der Waals surface area contributed by atoms with Crippen molar-refractivity contribution in [2.24, 2.45) is 5.92 Å². The van der Waals surface area contributed by atoms with Gasteiger partial charge in [-0.1, -0.05) is 25.4 Å². The molecule has 0 bridgehead atoms. The number of amides is 1. The second kappa shape index (κ2) is 7.50. The summed E-state index contributed by atoms with van der Waals surface area (Å²) in [5.74, 6) is 0.525. The minimum atomic E-state index is -0.0400. The Bertz CT molecular complexity index is 462. The minimum absolute atomic E-state index is 0.0400. The molecule has 0 radical (unpaired) electrons. The number of halogens is 1. The predicted molar refractivity (Wildman–Crippen MR) is 86.0 cm³/mol. The number of hydrogen-bond donors (Lipinski definition) is 2. The Labute approximate surface area is 126 Å². The summed E-state index contributed by atoms with van der Waals surface area (Å²) >= 11 is 5.82. The largest absolute Gasteiger partial charge is 0.397 e. The van der Waals surface area contributed by atoms with Gasteiger partial charge in [0.1, 0.15) is 0 Å². The third-order valence-corrected chi connectivity index (χ3v) is 3.87. The lowest BCUT2D eigenvalue weighted by atomic mass is 10.1. The Hall–Kier alpha value is -1.26. The summed E-state index contributed by atoms with van der Waals surface area (Å²) in [6.07, 6.45) is 0.440. The number of rotatable bonds is 6. The second-order valence-electron chi connectivity index (χ2n) is 5.49. The molecule has 20 heavy (non-hydrogen) atoms. The molecule has 1 atom stereocenters. The van der Waals surface area contributed by atoms with E-state index >= 15 is 0 Å². The number of nitrogens with two attached hydrogens (primary N) is 1. The molecule has 1 aromatic rings. The molecule has 0 saturated heterocycles. The van der Waals surface area contributed by atoms with E-state index < -0.39 is 0 Å². The highest BCUT2D eigenvalue weighted by Gasteiger charge is 2.14. The van der Waals surface area contributed by atoms with Crippen LogP contribution in [0.1, 0.15) is 27.2 Å². The van der Waals surface area contributed by atoms with E-state index in [1.54, 1.807) is 18.2 Å². The molecule has 0 aliphatic rings. The van der Waals surface area contributed by atoms with Crippen LogP contribution < -0.4 is 11.1 Å². The Balaban J connectivity index is 2.48. The first-order chi connectivity index (χ1) is 9.31. The first kappa shape index (κ1) is 16.8. The highest BCUT2D eigenvalue weighted by atomic mass is 35.5. The van der Waals surface area contributed by atoms with Crippen LogP contribution in [0, 0.1) is 5.92 Å². The topological polar surface area (TPSA) is 58.4 Å². The van der Waals surface area contributed by atoms with Gasteiger partial charge in [-0.25, -0.2) is 0 Å². The fourth-order valence-corrected chi connectivity index (χ4v) is 2.03. The van der Waals surface area contributed by atoms with Gasteiger partial charge >= 0.3 is 0 Å². The van der Waals surface area contributed by atoms with E-state index in [0.717, 1.165) is 6.54 Å². The van der Waals surface area contributed by atoms with E-state index in [-0.39, 0.29) is 5.91 Å². The van der Waals surface area contributed by atoms with E-state index in [9.17, 15) is 4.79 Å². The van der Waals surface area contributed by atoms with Crippen molar-refractivity contribution in [3.63, 3.8) is 0 Å². The summed E-state index contributed by atoms with van der Waals surface area (Å²) in [4.78, 5) is 14.1. The summed E-state index contributed by atoms with van der Waals surface area (Å²) in [5.41, 5.74) is 6.90. The molecule has 1 aromatic carbocycles. The van der Waals surface area contributed by atoms with Gasteiger partial charge in [-0.05, 0) is 38.1 Å². The van der Waals surface area contributed by atoms with Crippen molar-refractivity contribution >= 4 is 28.9 Å². The molecule has 1 amide bonds. The van der Waals surface area contributed by atoms with Crippen LogP contribution in [-0.4, -0.2) is 30.4 Å². The van der Waals surface area contributed by atoms with Crippen LogP contribution in [0.15, 0.2) is 18.2 Å². The quantitative estimate of drug-likeness (QED) is 0.793. The Morgan fingerprint density at radius 3 is 2.60 bits per heavy atom. The highest BCUT2D eigenvalue weighted by molar-refractivity contribution is 6.31. The molecule has 112 valence electrons. The smallest absolute Gasteiger partial charge is 0.225 e. The first-order valence-corrected chi connectivity index (χ1v) is 7.24. The van der Waals surface area contributed by atoms with E-state index in [2.05, 4.69) is 31.0 Å². The molecule has 0 saturated carbocycles. The van der Waals surface area contributed by atoms with Gasteiger partial charge in [-0.2, -0.15) is 0 Å². The molecule has 1 rings (SSSR count). The molecule has 0 aliphatic heterocycles. The molecule has 5 heteroatoms. The van der Waals surface area contributed by atoms with E-state index in [0.29, 0.717) is 34.8 Å². The zero-order chi connectivity index (χ0) is 15.3. The lowest BCUT2D eigenvalue weighted by Gasteiger charge is -2.27. The summed E-state index contributed by atoms with van der Waals surface area (Å²) < 4.78 is 0. The standard InChI is InChI=1S/C15H24ClN3O/c1-10(2)11(3)19(4)8-7-15(20)18-14-6-5-12(16)9-13(14)17/h5-6,9-11H,7-8,17H2,1-4H3,(H,18,20). The minimum Gasteiger partial charge on any atom is -0.397 e. The average molecular weight is 298 g/mol.